The van der Waals surface area contributed by atoms with Crippen molar-refractivity contribution in [3.05, 3.63) is 61.1 Å². The topological polar surface area (TPSA) is 12.0 Å². The van der Waals surface area contributed by atoms with E-state index in [1.165, 1.54) is 3.57 Å². The van der Waals surface area contributed by atoms with Crippen LogP contribution in [-0.4, -0.2) is 0 Å². The van der Waals surface area contributed by atoms with Crippen LogP contribution in [0.25, 0.3) is 0 Å². The first-order chi connectivity index (χ1) is 8.16. The molecule has 0 spiro atoms. The minimum absolute atomic E-state index is 0.751. The number of rotatable bonds is 3. The second-order valence-electron chi connectivity index (χ2n) is 3.57. The summed E-state index contributed by atoms with van der Waals surface area (Å²) in [6, 6.07) is 14.0. The van der Waals surface area contributed by atoms with Crippen LogP contribution in [0.2, 0.25) is 5.02 Å². The average Bonchev–Trinajstić information content (AvgIpc) is 2.32. The van der Waals surface area contributed by atoms with Gasteiger partial charge in [0, 0.05) is 25.3 Å². The minimum atomic E-state index is 0.751. The molecular formula is C13H10BrClIN. The number of anilines is 1. The molecule has 0 atom stereocenters. The van der Waals surface area contributed by atoms with Gasteiger partial charge in [0.1, 0.15) is 0 Å². The van der Waals surface area contributed by atoms with Crippen molar-refractivity contribution in [2.45, 2.75) is 6.54 Å². The summed E-state index contributed by atoms with van der Waals surface area (Å²) >= 11 is 11.8. The lowest BCUT2D eigenvalue weighted by Gasteiger charge is -2.10. The third-order valence-electron chi connectivity index (χ3n) is 2.35. The zero-order chi connectivity index (χ0) is 12.3. The van der Waals surface area contributed by atoms with Crippen molar-refractivity contribution < 1.29 is 0 Å². The molecule has 0 bridgehead atoms. The first kappa shape index (κ1) is 13.2. The minimum Gasteiger partial charge on any atom is -0.380 e. The zero-order valence-corrected chi connectivity index (χ0v) is 13.4. The highest BCUT2D eigenvalue weighted by atomic mass is 127. The predicted octanol–water partition coefficient (Wildman–Crippen LogP) is 5.32. The van der Waals surface area contributed by atoms with Crippen molar-refractivity contribution in [1.29, 1.82) is 0 Å². The summed E-state index contributed by atoms with van der Waals surface area (Å²) in [5, 5.41) is 4.16. The highest BCUT2D eigenvalue weighted by Crippen LogP contribution is 2.23. The third-order valence-corrected chi connectivity index (χ3v) is 4.30. The van der Waals surface area contributed by atoms with Crippen molar-refractivity contribution in [1.82, 2.24) is 0 Å². The van der Waals surface area contributed by atoms with Gasteiger partial charge in [-0.2, -0.15) is 0 Å². The second-order valence-corrected chi connectivity index (χ2v) is 6.02. The van der Waals surface area contributed by atoms with Crippen LogP contribution in [0.5, 0.6) is 0 Å². The number of hydrogen-bond donors (Lipinski definition) is 1. The smallest absolute Gasteiger partial charge is 0.0478 e. The molecule has 0 amide bonds. The van der Waals surface area contributed by atoms with Gasteiger partial charge in [-0.1, -0.05) is 39.7 Å². The van der Waals surface area contributed by atoms with E-state index >= 15 is 0 Å². The van der Waals surface area contributed by atoms with Crippen molar-refractivity contribution in [3.63, 3.8) is 0 Å². The van der Waals surface area contributed by atoms with Crippen LogP contribution in [0.3, 0.4) is 0 Å². The van der Waals surface area contributed by atoms with Crippen molar-refractivity contribution >= 4 is 55.8 Å². The highest BCUT2D eigenvalue weighted by Gasteiger charge is 2.02. The highest BCUT2D eigenvalue weighted by molar-refractivity contribution is 14.1. The number of nitrogens with one attached hydrogen (secondary N) is 1. The first-order valence-electron chi connectivity index (χ1n) is 5.09. The Morgan fingerprint density at radius 2 is 1.94 bits per heavy atom. The van der Waals surface area contributed by atoms with Gasteiger partial charge in [-0.15, -0.1) is 0 Å². The molecule has 88 valence electrons. The number of benzene rings is 2. The number of halogens is 3. The van der Waals surface area contributed by atoms with Gasteiger partial charge in [0.25, 0.3) is 0 Å². The van der Waals surface area contributed by atoms with Gasteiger partial charge in [-0.3, -0.25) is 0 Å². The van der Waals surface area contributed by atoms with Gasteiger partial charge in [-0.25, -0.2) is 0 Å². The fourth-order valence-corrected chi connectivity index (χ4v) is 2.63. The predicted molar refractivity (Wildman–Crippen MR) is 85.6 cm³/mol. The molecule has 0 heterocycles. The Hall–Kier alpha value is -0.260. The van der Waals surface area contributed by atoms with Gasteiger partial charge >= 0.3 is 0 Å². The maximum Gasteiger partial charge on any atom is 0.0478 e. The Bertz CT molecular complexity index is 531. The Balaban J connectivity index is 2.12. The van der Waals surface area contributed by atoms with Crippen LogP contribution >= 0.6 is 50.1 Å². The van der Waals surface area contributed by atoms with Crippen LogP contribution in [0.15, 0.2) is 46.9 Å². The van der Waals surface area contributed by atoms with E-state index in [9.17, 15) is 0 Å². The third kappa shape index (κ3) is 3.60. The van der Waals surface area contributed by atoms with E-state index in [0.29, 0.717) is 0 Å². The lowest BCUT2D eigenvalue weighted by molar-refractivity contribution is 1.13. The Labute approximate surface area is 128 Å². The van der Waals surface area contributed by atoms with Gasteiger partial charge in [0.05, 0.1) is 0 Å². The number of para-hydroxylation sites is 1. The van der Waals surface area contributed by atoms with E-state index in [1.54, 1.807) is 0 Å². The van der Waals surface area contributed by atoms with E-state index in [4.69, 9.17) is 11.6 Å². The second kappa shape index (κ2) is 6.07. The van der Waals surface area contributed by atoms with E-state index in [-0.39, 0.29) is 0 Å². The maximum absolute atomic E-state index is 5.98. The SMILES string of the molecule is Clc1ccc(Br)c(CNc2ccccc2I)c1. The van der Waals surface area contributed by atoms with Gasteiger partial charge in [0.15, 0.2) is 0 Å². The molecule has 17 heavy (non-hydrogen) atoms. The van der Waals surface area contributed by atoms with Crippen LogP contribution in [0, 0.1) is 3.57 Å². The summed E-state index contributed by atoms with van der Waals surface area (Å²) in [5.41, 5.74) is 2.29. The lowest BCUT2D eigenvalue weighted by atomic mass is 10.2. The molecule has 2 rings (SSSR count). The van der Waals surface area contributed by atoms with E-state index < -0.39 is 0 Å². The Kier molecular flexibility index (Phi) is 4.70. The summed E-state index contributed by atoms with van der Waals surface area (Å²) < 4.78 is 2.28. The molecule has 0 saturated carbocycles. The molecule has 0 radical (unpaired) electrons. The van der Waals surface area contributed by atoms with E-state index in [0.717, 1.165) is 27.3 Å². The van der Waals surface area contributed by atoms with Crippen molar-refractivity contribution in [2.75, 3.05) is 5.32 Å². The molecule has 0 aliphatic carbocycles. The van der Waals surface area contributed by atoms with Crippen LogP contribution in [-0.2, 0) is 6.54 Å². The molecule has 0 aromatic heterocycles. The summed E-state index contributed by atoms with van der Waals surface area (Å²) in [7, 11) is 0. The molecule has 2 aromatic rings. The molecule has 0 aliphatic heterocycles. The van der Waals surface area contributed by atoms with Crippen LogP contribution < -0.4 is 5.32 Å². The summed E-state index contributed by atoms with van der Waals surface area (Å²) in [6.45, 7) is 0.751. The van der Waals surface area contributed by atoms with Gasteiger partial charge in [-0.05, 0) is 58.5 Å². The fraction of sp³-hybridized carbons (Fsp3) is 0.0769. The van der Waals surface area contributed by atoms with Gasteiger partial charge in [0.2, 0.25) is 0 Å². The molecule has 2 aromatic carbocycles. The molecular weight excluding hydrogens is 412 g/mol. The van der Waals surface area contributed by atoms with Crippen molar-refractivity contribution in [3.8, 4) is 0 Å². The molecule has 0 saturated heterocycles. The largest absolute Gasteiger partial charge is 0.380 e. The monoisotopic (exact) mass is 421 g/mol. The molecule has 1 nitrogen and oxygen atoms in total. The van der Waals surface area contributed by atoms with E-state index in [1.807, 2.05) is 30.3 Å². The molecule has 0 unspecified atom stereocenters. The molecule has 0 aliphatic rings. The standard InChI is InChI=1S/C13H10BrClIN/c14-11-6-5-10(15)7-9(11)8-17-13-4-2-1-3-12(13)16/h1-7,17H,8H2. The van der Waals surface area contributed by atoms with E-state index in [2.05, 4.69) is 56.0 Å². The number of hydrogen-bond acceptors (Lipinski definition) is 1. The Morgan fingerprint density at radius 3 is 2.71 bits per heavy atom. The first-order valence-corrected chi connectivity index (χ1v) is 7.34. The molecule has 1 N–H and O–H groups in total. The maximum atomic E-state index is 5.98. The van der Waals surface area contributed by atoms with Crippen LogP contribution in [0.1, 0.15) is 5.56 Å². The normalized spacial score (nSPS) is 10.3. The quantitative estimate of drug-likeness (QED) is 0.661. The molecule has 4 heteroatoms. The zero-order valence-electron chi connectivity index (χ0n) is 8.88. The summed E-state index contributed by atoms with van der Waals surface area (Å²) in [5.74, 6) is 0. The average molecular weight is 422 g/mol. The van der Waals surface area contributed by atoms with Gasteiger partial charge < -0.3 is 5.32 Å². The fourth-order valence-electron chi connectivity index (χ4n) is 1.47. The van der Waals surface area contributed by atoms with Crippen LogP contribution in [0.4, 0.5) is 5.69 Å². The molecule has 0 fully saturated rings. The lowest BCUT2D eigenvalue weighted by Crippen LogP contribution is -2.01. The summed E-state index contributed by atoms with van der Waals surface area (Å²) in [4.78, 5) is 0. The Morgan fingerprint density at radius 1 is 1.18 bits per heavy atom. The summed E-state index contributed by atoms with van der Waals surface area (Å²) in [6.07, 6.45) is 0. The van der Waals surface area contributed by atoms with Crippen molar-refractivity contribution in [2.24, 2.45) is 0 Å².